The van der Waals surface area contributed by atoms with Gasteiger partial charge < -0.3 is 10.1 Å². The minimum atomic E-state index is -0.0660. The van der Waals surface area contributed by atoms with Crippen LogP contribution >= 0.6 is 0 Å². The molecule has 4 rings (SSSR count). The maximum atomic E-state index is 7.81. The molecule has 1 aromatic heterocycles. The monoisotopic (exact) mass is 363 g/mol. The van der Waals surface area contributed by atoms with Crippen LogP contribution in [0.15, 0.2) is 41.9 Å². The molecule has 2 aliphatic heterocycles. The molecule has 1 saturated heterocycles. The van der Waals surface area contributed by atoms with Crippen LogP contribution in [0.25, 0.3) is 4.85 Å². The van der Waals surface area contributed by atoms with Crippen LogP contribution in [0, 0.1) is 6.57 Å². The Morgan fingerprint density at radius 1 is 1.33 bits per heavy atom. The Bertz CT molecular complexity index is 873. The molecule has 0 radical (unpaired) electrons. The van der Waals surface area contributed by atoms with Gasteiger partial charge in [-0.2, -0.15) is 5.10 Å². The van der Waals surface area contributed by atoms with Crippen molar-refractivity contribution in [2.75, 3.05) is 31.6 Å². The molecule has 1 aromatic carbocycles. The van der Waals surface area contributed by atoms with Gasteiger partial charge in [0, 0.05) is 30.9 Å². The van der Waals surface area contributed by atoms with Crippen LogP contribution in [0.5, 0.6) is 0 Å². The number of allylic oxidation sites excluding steroid dienone is 2. The number of rotatable bonds is 5. The van der Waals surface area contributed by atoms with E-state index in [1.165, 1.54) is 5.56 Å². The topological polar surface area (TPSA) is 57.5 Å². The second kappa shape index (κ2) is 7.95. The largest absolute Gasteiger partial charge is 0.379 e. The second-order valence-electron chi connectivity index (χ2n) is 7.12. The molecule has 1 atom stereocenters. The Labute approximate surface area is 160 Å². The fraction of sp³-hybridized carbons (Fsp3) is 0.429. The third-order valence-corrected chi connectivity index (χ3v) is 5.25. The predicted molar refractivity (Wildman–Crippen MR) is 105 cm³/mol. The number of hydrogen-bond acceptors (Lipinski definition) is 4. The van der Waals surface area contributed by atoms with Crippen molar-refractivity contribution in [3.63, 3.8) is 0 Å². The summed E-state index contributed by atoms with van der Waals surface area (Å²) in [5.74, 6) is 0.845. The third kappa shape index (κ3) is 3.61. The minimum absolute atomic E-state index is 0.0660. The first-order chi connectivity index (χ1) is 13.3. The third-order valence-electron chi connectivity index (χ3n) is 5.25. The lowest BCUT2D eigenvalue weighted by atomic mass is 9.85. The fourth-order valence-electron chi connectivity index (χ4n) is 3.95. The SMILES string of the molecule is [C-]#[N+]C1=C(CCC)Nc2[nH]ncc2C1c1cccc(CN2CCOCC2)c1. The smallest absolute Gasteiger partial charge is 0.196 e. The first-order valence-corrected chi connectivity index (χ1v) is 9.60. The minimum Gasteiger partial charge on any atom is -0.379 e. The van der Waals surface area contributed by atoms with E-state index in [9.17, 15) is 0 Å². The summed E-state index contributed by atoms with van der Waals surface area (Å²) < 4.78 is 5.45. The Hall–Kier alpha value is -2.62. The molecule has 140 valence electrons. The van der Waals surface area contributed by atoms with Crippen molar-refractivity contribution in [3.05, 3.63) is 70.0 Å². The summed E-state index contributed by atoms with van der Waals surface area (Å²) in [6.45, 7) is 14.4. The molecule has 0 saturated carbocycles. The molecule has 0 spiro atoms. The van der Waals surface area contributed by atoms with Crippen molar-refractivity contribution < 1.29 is 4.74 Å². The number of fused-ring (bicyclic) bond motifs is 1. The number of nitrogens with zero attached hydrogens (tertiary/aromatic N) is 3. The van der Waals surface area contributed by atoms with Gasteiger partial charge in [-0.25, -0.2) is 4.85 Å². The molecule has 27 heavy (non-hydrogen) atoms. The summed E-state index contributed by atoms with van der Waals surface area (Å²) in [6, 6.07) is 8.65. The standard InChI is InChI=1S/C21H25N5O/c1-3-5-18-20(22-2)19(17-13-23-25-21(17)24-18)16-7-4-6-15(12-16)14-26-8-10-27-11-9-26/h4,6-7,12-13,19H,3,5,8-11,14H2,1H3,(H2,23,24,25). The van der Waals surface area contributed by atoms with E-state index in [0.29, 0.717) is 0 Å². The van der Waals surface area contributed by atoms with E-state index in [-0.39, 0.29) is 5.92 Å². The van der Waals surface area contributed by atoms with Crippen LogP contribution in [0.1, 0.15) is 42.4 Å². The molecule has 0 aliphatic carbocycles. The molecule has 6 nitrogen and oxygen atoms in total. The number of nitrogens with one attached hydrogen (secondary N) is 2. The van der Waals surface area contributed by atoms with Crippen LogP contribution in [0.3, 0.4) is 0 Å². The maximum absolute atomic E-state index is 7.81. The molecular formula is C21H25N5O. The predicted octanol–water partition coefficient (Wildman–Crippen LogP) is 3.73. The van der Waals surface area contributed by atoms with E-state index in [1.807, 2.05) is 6.20 Å². The van der Waals surface area contributed by atoms with E-state index in [0.717, 1.165) is 74.0 Å². The lowest BCUT2D eigenvalue weighted by Gasteiger charge is -2.28. The van der Waals surface area contributed by atoms with Gasteiger partial charge in [-0.05, 0) is 17.5 Å². The first-order valence-electron chi connectivity index (χ1n) is 9.60. The zero-order chi connectivity index (χ0) is 18.6. The second-order valence-corrected chi connectivity index (χ2v) is 7.12. The zero-order valence-corrected chi connectivity index (χ0v) is 15.7. The molecular weight excluding hydrogens is 338 g/mol. The molecule has 2 N–H and O–H groups in total. The van der Waals surface area contributed by atoms with Gasteiger partial charge in [-0.15, -0.1) is 0 Å². The van der Waals surface area contributed by atoms with Crippen molar-refractivity contribution in [2.45, 2.75) is 32.2 Å². The van der Waals surface area contributed by atoms with Gasteiger partial charge in [0.25, 0.3) is 0 Å². The number of H-pyrrole nitrogens is 1. The highest BCUT2D eigenvalue weighted by atomic mass is 16.5. The number of anilines is 1. The van der Waals surface area contributed by atoms with Crippen LogP contribution in [-0.4, -0.2) is 41.4 Å². The fourth-order valence-corrected chi connectivity index (χ4v) is 3.95. The Kier molecular flexibility index (Phi) is 5.23. The summed E-state index contributed by atoms with van der Waals surface area (Å²) in [5.41, 5.74) is 5.27. The molecule has 3 heterocycles. The molecule has 6 heteroatoms. The molecule has 0 bridgehead atoms. The molecule has 0 amide bonds. The van der Waals surface area contributed by atoms with Gasteiger partial charge in [0.1, 0.15) is 5.82 Å². The quantitative estimate of drug-likeness (QED) is 0.795. The highest BCUT2D eigenvalue weighted by molar-refractivity contribution is 5.62. The van der Waals surface area contributed by atoms with Crippen molar-refractivity contribution >= 4 is 5.82 Å². The number of morpholine rings is 1. The highest BCUT2D eigenvalue weighted by Crippen LogP contribution is 2.42. The van der Waals surface area contributed by atoms with E-state index >= 15 is 0 Å². The van der Waals surface area contributed by atoms with Gasteiger partial charge in [0.15, 0.2) is 5.70 Å². The normalized spacial score (nSPS) is 20.1. The van der Waals surface area contributed by atoms with E-state index in [1.54, 1.807) is 0 Å². The summed E-state index contributed by atoms with van der Waals surface area (Å²) in [7, 11) is 0. The number of ether oxygens (including phenoxy) is 1. The molecule has 2 aliphatic rings. The van der Waals surface area contributed by atoms with E-state index in [4.69, 9.17) is 11.3 Å². The summed E-state index contributed by atoms with van der Waals surface area (Å²) in [6.07, 6.45) is 3.70. The van der Waals surface area contributed by atoms with Crippen LogP contribution in [0.4, 0.5) is 5.82 Å². The van der Waals surface area contributed by atoms with Gasteiger partial charge in [0.05, 0.1) is 31.9 Å². The average molecular weight is 363 g/mol. The Balaban J connectivity index is 1.68. The van der Waals surface area contributed by atoms with Crippen LogP contribution < -0.4 is 5.32 Å². The Morgan fingerprint density at radius 2 is 2.19 bits per heavy atom. The number of aromatic nitrogens is 2. The van der Waals surface area contributed by atoms with Crippen molar-refractivity contribution in [2.24, 2.45) is 0 Å². The van der Waals surface area contributed by atoms with Gasteiger partial charge in [0.2, 0.25) is 0 Å². The lowest BCUT2D eigenvalue weighted by Crippen LogP contribution is -2.35. The lowest BCUT2D eigenvalue weighted by molar-refractivity contribution is 0.0342. The summed E-state index contributed by atoms with van der Waals surface area (Å²) in [4.78, 5) is 6.35. The number of hydrogen-bond donors (Lipinski definition) is 2. The molecule has 1 unspecified atom stereocenters. The van der Waals surface area contributed by atoms with Crippen molar-refractivity contribution in [1.29, 1.82) is 0 Å². The summed E-state index contributed by atoms with van der Waals surface area (Å²) >= 11 is 0. The van der Waals surface area contributed by atoms with Crippen LogP contribution in [0.2, 0.25) is 0 Å². The van der Waals surface area contributed by atoms with Gasteiger partial charge >= 0.3 is 0 Å². The molecule has 2 aromatic rings. The van der Waals surface area contributed by atoms with Crippen molar-refractivity contribution in [1.82, 2.24) is 15.1 Å². The average Bonchev–Trinajstić information content (AvgIpc) is 3.16. The zero-order valence-electron chi connectivity index (χ0n) is 15.7. The van der Waals surface area contributed by atoms with Gasteiger partial charge in [-0.3, -0.25) is 10.00 Å². The first kappa shape index (κ1) is 17.8. The summed E-state index contributed by atoms with van der Waals surface area (Å²) in [5, 5.41) is 10.7. The number of benzene rings is 1. The maximum Gasteiger partial charge on any atom is 0.196 e. The van der Waals surface area contributed by atoms with Crippen LogP contribution in [-0.2, 0) is 11.3 Å². The van der Waals surface area contributed by atoms with E-state index < -0.39 is 0 Å². The number of aromatic amines is 1. The highest BCUT2D eigenvalue weighted by Gasteiger charge is 2.31. The Morgan fingerprint density at radius 3 is 2.96 bits per heavy atom. The van der Waals surface area contributed by atoms with Crippen molar-refractivity contribution in [3.8, 4) is 0 Å². The van der Waals surface area contributed by atoms with E-state index in [2.05, 4.69) is 56.4 Å². The molecule has 1 fully saturated rings. The van der Waals surface area contributed by atoms with Gasteiger partial charge in [-0.1, -0.05) is 37.6 Å².